The average Bonchev–Trinajstić information content (AvgIpc) is 2.83. The van der Waals surface area contributed by atoms with E-state index in [2.05, 4.69) is 10.3 Å². The van der Waals surface area contributed by atoms with Gasteiger partial charge in [0.25, 0.3) is 5.91 Å². The smallest absolute Gasteiger partial charge is 0.253 e. The summed E-state index contributed by atoms with van der Waals surface area (Å²) in [6, 6.07) is 7.78. The minimum absolute atomic E-state index is 0.0142. The van der Waals surface area contributed by atoms with Gasteiger partial charge < -0.3 is 5.32 Å². The maximum absolute atomic E-state index is 12.4. The van der Waals surface area contributed by atoms with E-state index in [9.17, 15) is 13.2 Å². The minimum Gasteiger partial charge on any atom is -0.352 e. The van der Waals surface area contributed by atoms with Crippen LogP contribution in [-0.2, 0) is 9.84 Å². The Kier molecular flexibility index (Phi) is 4.10. The molecule has 0 radical (unpaired) electrons. The maximum Gasteiger partial charge on any atom is 0.253 e. The van der Waals surface area contributed by atoms with Gasteiger partial charge in [0.15, 0.2) is 9.84 Å². The molecule has 0 bridgehead atoms. The Morgan fingerprint density at radius 2 is 2.09 bits per heavy atom. The normalized spacial score (nSPS) is 19.8. The first-order valence-corrected chi connectivity index (χ1v) is 9.53. The van der Waals surface area contributed by atoms with Crippen LogP contribution in [0.25, 0.3) is 10.9 Å². The third-order valence-corrected chi connectivity index (χ3v) is 6.12. The van der Waals surface area contributed by atoms with Crippen molar-refractivity contribution < 1.29 is 13.2 Å². The fourth-order valence-electron chi connectivity index (χ4n) is 2.97. The highest BCUT2D eigenvalue weighted by Gasteiger charge is 2.28. The van der Waals surface area contributed by atoms with Crippen molar-refractivity contribution in [2.24, 2.45) is 5.92 Å². The number of benzene rings is 1. The number of fused-ring (bicyclic) bond motifs is 1. The van der Waals surface area contributed by atoms with Crippen molar-refractivity contribution in [1.82, 2.24) is 10.3 Å². The molecule has 1 aromatic carbocycles. The summed E-state index contributed by atoms with van der Waals surface area (Å²) < 4.78 is 22.9. The third kappa shape index (κ3) is 3.52. The minimum atomic E-state index is -2.91. The molecular formula is C17H20N2O3S. The second-order valence-corrected chi connectivity index (χ2v) is 8.53. The molecule has 3 rings (SSSR count). The molecular weight excluding hydrogens is 312 g/mol. The number of amides is 1. The largest absolute Gasteiger partial charge is 0.352 e. The Bertz CT molecular complexity index is 875. The SMILES string of the molecule is Cc1ccc2cc(C(=O)NC[C@@H]3CCS(=O)(=O)C3)c(C)nc2c1. The predicted octanol–water partition coefficient (Wildman–Crippen LogP) is 2.02. The van der Waals surface area contributed by atoms with Gasteiger partial charge in [-0.05, 0) is 43.9 Å². The summed E-state index contributed by atoms with van der Waals surface area (Å²) in [6.07, 6.45) is 0.622. The molecule has 6 heteroatoms. The van der Waals surface area contributed by atoms with Crippen molar-refractivity contribution in [2.45, 2.75) is 20.3 Å². The Balaban J connectivity index is 1.76. The molecule has 1 aromatic heterocycles. The van der Waals surface area contributed by atoms with Crippen LogP contribution in [-0.4, -0.2) is 37.4 Å². The predicted molar refractivity (Wildman–Crippen MR) is 90.3 cm³/mol. The summed E-state index contributed by atoms with van der Waals surface area (Å²) in [4.78, 5) is 16.9. The third-order valence-electron chi connectivity index (χ3n) is 4.29. The molecule has 1 aliphatic heterocycles. The molecule has 2 aromatic rings. The summed E-state index contributed by atoms with van der Waals surface area (Å²) in [5, 5.41) is 3.78. The molecule has 2 heterocycles. The molecule has 122 valence electrons. The highest BCUT2D eigenvalue weighted by atomic mass is 32.2. The van der Waals surface area contributed by atoms with Crippen LogP contribution in [0.2, 0.25) is 0 Å². The number of nitrogens with one attached hydrogen (secondary N) is 1. The van der Waals surface area contributed by atoms with Crippen molar-refractivity contribution in [1.29, 1.82) is 0 Å². The first-order valence-electron chi connectivity index (χ1n) is 7.71. The van der Waals surface area contributed by atoms with Crippen molar-refractivity contribution in [3.05, 3.63) is 41.1 Å². The summed E-state index contributed by atoms with van der Waals surface area (Å²) in [5.74, 6) is 0.215. The lowest BCUT2D eigenvalue weighted by Crippen LogP contribution is -2.30. The van der Waals surface area contributed by atoms with Crippen molar-refractivity contribution in [3.63, 3.8) is 0 Å². The molecule has 1 fully saturated rings. The molecule has 1 aliphatic rings. The van der Waals surface area contributed by atoms with Gasteiger partial charge in [-0.15, -0.1) is 0 Å². The number of aromatic nitrogens is 1. The second kappa shape index (κ2) is 5.92. The quantitative estimate of drug-likeness (QED) is 0.933. The maximum atomic E-state index is 12.4. The van der Waals surface area contributed by atoms with Crippen molar-refractivity contribution in [3.8, 4) is 0 Å². The summed E-state index contributed by atoms with van der Waals surface area (Å²) in [5.41, 5.74) is 3.23. The molecule has 1 amide bonds. The fourth-order valence-corrected chi connectivity index (χ4v) is 4.83. The fraction of sp³-hybridized carbons (Fsp3) is 0.412. The lowest BCUT2D eigenvalue weighted by Gasteiger charge is -2.12. The molecule has 5 nitrogen and oxygen atoms in total. The zero-order valence-electron chi connectivity index (χ0n) is 13.3. The van der Waals surface area contributed by atoms with E-state index in [0.29, 0.717) is 24.2 Å². The zero-order chi connectivity index (χ0) is 16.6. The number of pyridine rings is 1. The van der Waals surface area contributed by atoms with Crippen LogP contribution >= 0.6 is 0 Å². The average molecular weight is 332 g/mol. The number of hydrogen-bond donors (Lipinski definition) is 1. The van der Waals surface area contributed by atoms with Gasteiger partial charge in [0.05, 0.1) is 28.3 Å². The molecule has 1 saturated heterocycles. The molecule has 0 spiro atoms. The van der Waals surface area contributed by atoms with Gasteiger partial charge in [-0.1, -0.05) is 12.1 Å². The Morgan fingerprint density at radius 3 is 2.78 bits per heavy atom. The van der Waals surface area contributed by atoms with E-state index < -0.39 is 9.84 Å². The highest BCUT2D eigenvalue weighted by Crippen LogP contribution is 2.19. The Morgan fingerprint density at radius 1 is 1.30 bits per heavy atom. The van der Waals surface area contributed by atoms with Crippen LogP contribution in [0.5, 0.6) is 0 Å². The number of nitrogens with zero attached hydrogens (tertiary/aromatic N) is 1. The standard InChI is InChI=1S/C17H20N2O3S/c1-11-3-4-14-8-15(12(2)19-16(14)7-11)17(20)18-9-13-5-6-23(21,22)10-13/h3-4,7-8,13H,5-6,9-10H2,1-2H3,(H,18,20)/t13-/m0/s1. The van der Waals surface area contributed by atoms with Crippen LogP contribution in [0.4, 0.5) is 0 Å². The molecule has 0 unspecified atom stereocenters. The molecule has 23 heavy (non-hydrogen) atoms. The van der Waals surface area contributed by atoms with Gasteiger partial charge in [0, 0.05) is 11.9 Å². The van der Waals surface area contributed by atoms with E-state index in [0.717, 1.165) is 16.5 Å². The molecule has 1 atom stereocenters. The van der Waals surface area contributed by atoms with Crippen molar-refractivity contribution >= 4 is 26.6 Å². The van der Waals surface area contributed by atoms with E-state index in [1.165, 1.54) is 0 Å². The molecule has 0 aliphatic carbocycles. The monoisotopic (exact) mass is 332 g/mol. The van der Waals surface area contributed by atoms with Gasteiger partial charge in [-0.25, -0.2) is 8.42 Å². The van der Waals surface area contributed by atoms with E-state index in [1.807, 2.05) is 38.1 Å². The van der Waals surface area contributed by atoms with Gasteiger partial charge in [0.1, 0.15) is 0 Å². The lowest BCUT2D eigenvalue weighted by atomic mass is 10.1. The van der Waals surface area contributed by atoms with Crippen LogP contribution in [0.1, 0.15) is 28.0 Å². The summed E-state index contributed by atoms with van der Waals surface area (Å²) in [7, 11) is -2.91. The van der Waals surface area contributed by atoms with Gasteiger partial charge in [-0.2, -0.15) is 0 Å². The lowest BCUT2D eigenvalue weighted by molar-refractivity contribution is 0.0947. The van der Waals surface area contributed by atoms with Gasteiger partial charge in [-0.3, -0.25) is 9.78 Å². The van der Waals surface area contributed by atoms with Gasteiger partial charge >= 0.3 is 0 Å². The van der Waals surface area contributed by atoms with E-state index >= 15 is 0 Å². The number of rotatable bonds is 3. The number of carbonyl (C=O) groups excluding carboxylic acids is 1. The van der Waals surface area contributed by atoms with E-state index in [-0.39, 0.29) is 23.3 Å². The molecule has 0 saturated carbocycles. The first kappa shape index (κ1) is 15.9. The van der Waals surface area contributed by atoms with E-state index in [1.54, 1.807) is 0 Å². The van der Waals surface area contributed by atoms with Crippen LogP contribution in [0, 0.1) is 19.8 Å². The van der Waals surface area contributed by atoms with Crippen LogP contribution < -0.4 is 5.32 Å². The number of hydrogen-bond acceptors (Lipinski definition) is 4. The summed E-state index contributed by atoms with van der Waals surface area (Å²) in [6.45, 7) is 4.22. The zero-order valence-corrected chi connectivity index (χ0v) is 14.1. The second-order valence-electron chi connectivity index (χ2n) is 6.30. The highest BCUT2D eigenvalue weighted by molar-refractivity contribution is 7.91. The van der Waals surface area contributed by atoms with Crippen molar-refractivity contribution in [2.75, 3.05) is 18.1 Å². The molecule has 1 N–H and O–H groups in total. The van der Waals surface area contributed by atoms with Crippen LogP contribution in [0.3, 0.4) is 0 Å². The number of carbonyl (C=O) groups is 1. The summed E-state index contributed by atoms with van der Waals surface area (Å²) >= 11 is 0. The number of sulfone groups is 1. The number of aryl methyl sites for hydroxylation is 2. The van der Waals surface area contributed by atoms with Crippen LogP contribution in [0.15, 0.2) is 24.3 Å². The topological polar surface area (TPSA) is 76.1 Å². The van der Waals surface area contributed by atoms with Gasteiger partial charge in [0.2, 0.25) is 0 Å². The first-order chi connectivity index (χ1) is 10.8. The van der Waals surface area contributed by atoms with E-state index in [4.69, 9.17) is 0 Å². The Labute approximate surface area is 136 Å². The Hall–Kier alpha value is -1.95.